The van der Waals surface area contributed by atoms with E-state index in [1.165, 1.54) is 13.3 Å². The molecule has 1 saturated heterocycles. The highest BCUT2D eigenvalue weighted by molar-refractivity contribution is 5.81. The number of halogens is 1. The number of nitrogens with zero attached hydrogens (tertiary/aromatic N) is 4. The number of rotatable bonds is 3. The summed E-state index contributed by atoms with van der Waals surface area (Å²) >= 11 is 0. The summed E-state index contributed by atoms with van der Waals surface area (Å²) in [6, 6.07) is 0. The molecule has 3 rings (SSSR count). The van der Waals surface area contributed by atoms with Gasteiger partial charge in [0.25, 0.3) is 0 Å². The molecule has 0 aromatic carbocycles. The van der Waals surface area contributed by atoms with Crippen LogP contribution < -0.4 is 5.73 Å². The smallest absolute Gasteiger partial charge is 0.312 e. The SMILES string of the molecule is CC[C@H]1O[C@@H](n2cnc3c(N)nc(F)nc32)[C@H](C)C1OC(C)=O. The van der Waals surface area contributed by atoms with Crippen LogP contribution in [0.15, 0.2) is 6.33 Å². The van der Waals surface area contributed by atoms with E-state index in [9.17, 15) is 9.18 Å². The van der Waals surface area contributed by atoms with Gasteiger partial charge in [-0.15, -0.1) is 0 Å². The van der Waals surface area contributed by atoms with Crippen LogP contribution in [0.1, 0.15) is 33.4 Å². The van der Waals surface area contributed by atoms with Crippen LogP contribution in [0, 0.1) is 12.0 Å². The first-order valence-electron chi connectivity index (χ1n) is 7.40. The summed E-state index contributed by atoms with van der Waals surface area (Å²) in [7, 11) is 0. The van der Waals surface area contributed by atoms with Gasteiger partial charge in [-0.05, 0) is 6.42 Å². The second kappa shape index (κ2) is 5.73. The van der Waals surface area contributed by atoms with E-state index in [1.54, 1.807) is 4.57 Å². The van der Waals surface area contributed by atoms with Gasteiger partial charge >= 0.3 is 12.0 Å². The molecule has 1 unspecified atom stereocenters. The number of imidazole rings is 1. The molecule has 1 aliphatic rings. The van der Waals surface area contributed by atoms with Crippen molar-refractivity contribution in [1.82, 2.24) is 19.5 Å². The number of aromatic nitrogens is 4. The van der Waals surface area contributed by atoms with Crippen LogP contribution >= 0.6 is 0 Å². The maximum atomic E-state index is 13.5. The second-order valence-corrected chi connectivity index (χ2v) is 5.61. The van der Waals surface area contributed by atoms with Gasteiger partial charge in [-0.3, -0.25) is 9.36 Å². The van der Waals surface area contributed by atoms with E-state index in [0.717, 1.165) is 0 Å². The number of nitrogens with two attached hydrogens (primary N) is 1. The van der Waals surface area contributed by atoms with E-state index in [4.69, 9.17) is 15.2 Å². The van der Waals surface area contributed by atoms with Crippen LogP contribution in [-0.4, -0.2) is 37.7 Å². The number of esters is 1. The Hall–Kier alpha value is -2.29. The third-order valence-electron chi connectivity index (χ3n) is 4.05. The van der Waals surface area contributed by atoms with E-state index in [2.05, 4.69) is 15.0 Å². The Morgan fingerprint density at radius 1 is 1.52 bits per heavy atom. The summed E-state index contributed by atoms with van der Waals surface area (Å²) in [5.74, 6) is -0.543. The maximum absolute atomic E-state index is 13.5. The zero-order valence-corrected chi connectivity index (χ0v) is 13.1. The third kappa shape index (κ3) is 2.61. The third-order valence-corrected chi connectivity index (χ3v) is 4.05. The lowest BCUT2D eigenvalue weighted by atomic mass is 10.0. The molecule has 2 aromatic rings. The molecule has 2 aromatic heterocycles. The number of ether oxygens (including phenoxy) is 2. The monoisotopic (exact) mass is 323 g/mol. The molecule has 0 spiro atoms. The maximum Gasteiger partial charge on any atom is 0.312 e. The minimum absolute atomic E-state index is 0.0273. The van der Waals surface area contributed by atoms with Crippen LogP contribution in [0.3, 0.4) is 0 Å². The number of carbonyl (C=O) groups excluding carboxylic acids is 1. The second-order valence-electron chi connectivity index (χ2n) is 5.61. The molecule has 23 heavy (non-hydrogen) atoms. The number of carbonyl (C=O) groups is 1. The number of anilines is 1. The first-order valence-corrected chi connectivity index (χ1v) is 7.40. The van der Waals surface area contributed by atoms with Crippen molar-refractivity contribution in [3.05, 3.63) is 12.4 Å². The zero-order valence-electron chi connectivity index (χ0n) is 13.1. The molecule has 0 radical (unpaired) electrons. The molecule has 0 bridgehead atoms. The van der Waals surface area contributed by atoms with Crippen LogP contribution in [0.25, 0.3) is 11.2 Å². The quantitative estimate of drug-likeness (QED) is 0.672. The number of hydrogen-bond donors (Lipinski definition) is 1. The van der Waals surface area contributed by atoms with Crippen LogP contribution in [0.4, 0.5) is 10.2 Å². The first-order chi connectivity index (χ1) is 10.9. The highest BCUT2D eigenvalue weighted by atomic mass is 19.1. The summed E-state index contributed by atoms with van der Waals surface area (Å²) in [5, 5.41) is 0. The molecule has 8 nitrogen and oxygen atoms in total. The minimum Gasteiger partial charge on any atom is -0.459 e. The largest absolute Gasteiger partial charge is 0.459 e. The highest BCUT2D eigenvalue weighted by Gasteiger charge is 2.44. The Morgan fingerprint density at radius 2 is 2.26 bits per heavy atom. The van der Waals surface area contributed by atoms with Gasteiger partial charge in [-0.2, -0.15) is 14.4 Å². The van der Waals surface area contributed by atoms with E-state index in [0.29, 0.717) is 11.9 Å². The van der Waals surface area contributed by atoms with E-state index in [1.807, 2.05) is 13.8 Å². The Balaban J connectivity index is 2.00. The summed E-state index contributed by atoms with van der Waals surface area (Å²) < 4.78 is 26.5. The summed E-state index contributed by atoms with van der Waals surface area (Å²) in [6.07, 6.45) is 0.120. The molecule has 0 saturated carbocycles. The number of nitrogen functional groups attached to an aromatic ring is 1. The molecular weight excluding hydrogens is 305 g/mol. The van der Waals surface area contributed by atoms with Crippen molar-refractivity contribution in [3.63, 3.8) is 0 Å². The van der Waals surface area contributed by atoms with E-state index in [-0.39, 0.29) is 35.6 Å². The normalized spacial score (nSPS) is 27.5. The molecule has 1 fully saturated rings. The molecule has 124 valence electrons. The van der Waals surface area contributed by atoms with Crippen molar-refractivity contribution in [2.75, 3.05) is 5.73 Å². The Kier molecular flexibility index (Phi) is 3.88. The standard InChI is InChI=1S/C14H18FN5O3/c1-4-8-10(22-7(3)21)6(2)13(23-8)20-5-17-9-11(16)18-14(15)19-12(9)20/h5-6,8,10,13H,4H2,1-3H3,(H2,16,18,19)/t6-,8-,10?,13-/m1/s1. The summed E-state index contributed by atoms with van der Waals surface area (Å²) in [4.78, 5) is 22.7. The Morgan fingerprint density at radius 3 is 2.91 bits per heavy atom. The zero-order chi connectivity index (χ0) is 16.7. The molecule has 1 aliphatic heterocycles. The van der Waals surface area contributed by atoms with Gasteiger partial charge < -0.3 is 15.2 Å². The lowest BCUT2D eigenvalue weighted by Gasteiger charge is -2.20. The van der Waals surface area contributed by atoms with Crippen molar-refractivity contribution >= 4 is 23.0 Å². The van der Waals surface area contributed by atoms with Crippen LogP contribution in [-0.2, 0) is 14.3 Å². The van der Waals surface area contributed by atoms with Gasteiger partial charge in [0, 0.05) is 12.8 Å². The Bertz CT molecular complexity index is 749. The van der Waals surface area contributed by atoms with Gasteiger partial charge in [0.15, 0.2) is 17.0 Å². The summed E-state index contributed by atoms with van der Waals surface area (Å²) in [6.45, 7) is 5.21. The van der Waals surface area contributed by atoms with Gasteiger partial charge in [0.2, 0.25) is 0 Å². The van der Waals surface area contributed by atoms with Crippen molar-refractivity contribution < 1.29 is 18.7 Å². The van der Waals surface area contributed by atoms with Gasteiger partial charge in [-0.1, -0.05) is 13.8 Å². The molecule has 9 heteroatoms. The molecule has 4 atom stereocenters. The van der Waals surface area contributed by atoms with Crippen molar-refractivity contribution in [3.8, 4) is 0 Å². The van der Waals surface area contributed by atoms with Crippen molar-refractivity contribution in [2.45, 2.75) is 45.6 Å². The lowest BCUT2D eigenvalue weighted by Crippen LogP contribution is -2.30. The van der Waals surface area contributed by atoms with Crippen LogP contribution in [0.5, 0.6) is 0 Å². The highest BCUT2D eigenvalue weighted by Crippen LogP contribution is 2.39. The van der Waals surface area contributed by atoms with E-state index >= 15 is 0 Å². The lowest BCUT2D eigenvalue weighted by molar-refractivity contribution is -0.150. The summed E-state index contributed by atoms with van der Waals surface area (Å²) in [5.41, 5.74) is 6.24. The van der Waals surface area contributed by atoms with Crippen molar-refractivity contribution in [1.29, 1.82) is 0 Å². The minimum atomic E-state index is -0.925. The van der Waals surface area contributed by atoms with Gasteiger partial charge in [0.05, 0.1) is 12.4 Å². The average Bonchev–Trinajstić information content (AvgIpc) is 3.01. The van der Waals surface area contributed by atoms with Gasteiger partial charge in [0.1, 0.15) is 12.3 Å². The predicted molar refractivity (Wildman–Crippen MR) is 78.6 cm³/mol. The molecule has 0 amide bonds. The van der Waals surface area contributed by atoms with E-state index < -0.39 is 12.3 Å². The topological polar surface area (TPSA) is 105 Å². The van der Waals surface area contributed by atoms with Crippen LogP contribution in [0.2, 0.25) is 0 Å². The van der Waals surface area contributed by atoms with Gasteiger partial charge in [-0.25, -0.2) is 4.98 Å². The fraction of sp³-hybridized carbons (Fsp3) is 0.571. The number of hydrogen-bond acceptors (Lipinski definition) is 7. The average molecular weight is 323 g/mol. The first kappa shape index (κ1) is 15.6. The molecular formula is C14H18FN5O3. The predicted octanol–water partition coefficient (Wildman–Crippen LogP) is 1.42. The molecule has 0 aliphatic carbocycles. The number of fused-ring (bicyclic) bond motifs is 1. The fourth-order valence-corrected chi connectivity index (χ4v) is 3.00. The Labute approximate surface area is 131 Å². The molecule has 2 N–H and O–H groups in total. The molecule has 3 heterocycles. The van der Waals surface area contributed by atoms with Crippen molar-refractivity contribution in [2.24, 2.45) is 5.92 Å². The fourth-order valence-electron chi connectivity index (χ4n) is 3.00.